The van der Waals surface area contributed by atoms with Crippen LogP contribution in [-0.2, 0) is 11.5 Å². The van der Waals surface area contributed by atoms with E-state index < -0.39 is 12.3 Å². The SMILES string of the molecule is CC(NC(=O)C(C)(C)Oc1ccc(CF)cn1)C(CC1CC1)c1cccc(C#N)c1. The zero-order valence-electron chi connectivity index (χ0n) is 17.7. The third kappa shape index (κ3) is 5.56. The minimum atomic E-state index is -1.14. The van der Waals surface area contributed by atoms with Crippen molar-refractivity contribution in [1.82, 2.24) is 10.3 Å². The Morgan fingerprint density at radius 1 is 1.37 bits per heavy atom. The minimum absolute atomic E-state index is 0.118. The van der Waals surface area contributed by atoms with Crippen LogP contribution >= 0.6 is 0 Å². The van der Waals surface area contributed by atoms with Crippen LogP contribution in [0.2, 0.25) is 0 Å². The van der Waals surface area contributed by atoms with Crippen LogP contribution in [0.4, 0.5) is 4.39 Å². The summed E-state index contributed by atoms with van der Waals surface area (Å²) in [5.41, 5.74) is 1.01. The number of halogens is 1. The van der Waals surface area contributed by atoms with Crippen molar-refractivity contribution < 1.29 is 13.9 Å². The molecule has 0 bridgehead atoms. The molecule has 1 aromatic heterocycles. The molecule has 158 valence electrons. The van der Waals surface area contributed by atoms with Gasteiger partial charge in [-0.3, -0.25) is 4.79 Å². The maximum Gasteiger partial charge on any atom is 0.263 e. The first-order chi connectivity index (χ1) is 14.3. The molecule has 1 amide bonds. The largest absolute Gasteiger partial charge is 0.462 e. The van der Waals surface area contributed by atoms with Gasteiger partial charge in [-0.25, -0.2) is 9.37 Å². The Morgan fingerprint density at radius 2 is 2.13 bits per heavy atom. The van der Waals surface area contributed by atoms with E-state index in [0.717, 1.165) is 12.0 Å². The van der Waals surface area contributed by atoms with E-state index >= 15 is 0 Å². The molecule has 6 heteroatoms. The van der Waals surface area contributed by atoms with Crippen LogP contribution in [0.15, 0.2) is 42.6 Å². The van der Waals surface area contributed by atoms with Gasteiger partial charge in [0.25, 0.3) is 5.91 Å². The number of aromatic nitrogens is 1. The molecule has 0 spiro atoms. The maximum absolute atomic E-state index is 13.0. The molecule has 5 nitrogen and oxygen atoms in total. The molecule has 3 rings (SSSR count). The first-order valence-corrected chi connectivity index (χ1v) is 10.3. The molecule has 0 saturated heterocycles. The van der Waals surface area contributed by atoms with Crippen LogP contribution in [0, 0.1) is 17.2 Å². The summed E-state index contributed by atoms with van der Waals surface area (Å²) in [6.45, 7) is 4.77. The van der Waals surface area contributed by atoms with Gasteiger partial charge in [-0.05, 0) is 56.9 Å². The Morgan fingerprint density at radius 3 is 2.73 bits per heavy atom. The van der Waals surface area contributed by atoms with E-state index in [1.807, 2.05) is 25.1 Å². The van der Waals surface area contributed by atoms with Crippen molar-refractivity contribution in [3.8, 4) is 11.9 Å². The number of hydrogen-bond acceptors (Lipinski definition) is 4. The fourth-order valence-electron chi connectivity index (χ4n) is 3.52. The highest BCUT2D eigenvalue weighted by Gasteiger charge is 2.35. The van der Waals surface area contributed by atoms with Gasteiger partial charge in [0, 0.05) is 29.8 Å². The van der Waals surface area contributed by atoms with Gasteiger partial charge in [0.1, 0.15) is 6.67 Å². The molecule has 1 aliphatic carbocycles. The third-order valence-corrected chi connectivity index (χ3v) is 5.55. The Kier molecular flexibility index (Phi) is 6.71. The number of nitriles is 1. The van der Waals surface area contributed by atoms with Crippen LogP contribution in [-0.4, -0.2) is 22.5 Å². The molecule has 30 heavy (non-hydrogen) atoms. The Bertz CT molecular complexity index is 917. The molecule has 1 saturated carbocycles. The van der Waals surface area contributed by atoms with Gasteiger partial charge in [-0.1, -0.05) is 25.0 Å². The lowest BCUT2D eigenvalue weighted by Crippen LogP contribution is -2.50. The number of alkyl halides is 1. The zero-order valence-corrected chi connectivity index (χ0v) is 17.7. The highest BCUT2D eigenvalue weighted by molar-refractivity contribution is 5.85. The van der Waals surface area contributed by atoms with E-state index in [2.05, 4.69) is 16.4 Å². The average molecular weight is 410 g/mol. The quantitative estimate of drug-likeness (QED) is 0.653. The number of nitrogens with one attached hydrogen (secondary N) is 1. The summed E-state index contributed by atoms with van der Waals surface area (Å²) in [7, 11) is 0. The summed E-state index contributed by atoms with van der Waals surface area (Å²) in [5, 5.41) is 12.3. The maximum atomic E-state index is 13.0. The normalized spacial score (nSPS) is 15.7. The topological polar surface area (TPSA) is 75.0 Å². The summed E-state index contributed by atoms with van der Waals surface area (Å²) in [6, 6.07) is 12.8. The molecule has 2 unspecified atom stereocenters. The lowest BCUT2D eigenvalue weighted by atomic mass is 9.86. The van der Waals surface area contributed by atoms with Crippen molar-refractivity contribution in [2.24, 2.45) is 5.92 Å². The monoisotopic (exact) mass is 409 g/mol. The van der Waals surface area contributed by atoms with Crippen LogP contribution in [0.1, 0.15) is 62.6 Å². The second kappa shape index (κ2) is 9.25. The Balaban J connectivity index is 1.70. The minimum Gasteiger partial charge on any atom is -0.462 e. The van der Waals surface area contributed by atoms with E-state index in [1.54, 1.807) is 32.0 Å². The van der Waals surface area contributed by atoms with Gasteiger partial charge in [-0.2, -0.15) is 5.26 Å². The number of amides is 1. The molecule has 1 aliphatic rings. The molecule has 1 fully saturated rings. The second-order valence-electron chi connectivity index (χ2n) is 8.54. The van der Waals surface area contributed by atoms with E-state index in [1.165, 1.54) is 19.0 Å². The van der Waals surface area contributed by atoms with Crippen molar-refractivity contribution in [3.63, 3.8) is 0 Å². The number of pyridine rings is 1. The van der Waals surface area contributed by atoms with Gasteiger partial charge in [-0.15, -0.1) is 0 Å². The van der Waals surface area contributed by atoms with Gasteiger partial charge in [0.05, 0.1) is 11.6 Å². The van der Waals surface area contributed by atoms with Crippen molar-refractivity contribution in [2.75, 3.05) is 0 Å². The summed E-state index contributed by atoms with van der Waals surface area (Å²) in [5.74, 6) is 0.815. The first kappa shape index (κ1) is 21.8. The molecule has 1 aromatic carbocycles. The van der Waals surface area contributed by atoms with Crippen LogP contribution < -0.4 is 10.1 Å². The van der Waals surface area contributed by atoms with Crippen molar-refractivity contribution in [3.05, 3.63) is 59.3 Å². The highest BCUT2D eigenvalue weighted by atomic mass is 19.1. The molecule has 1 heterocycles. The third-order valence-electron chi connectivity index (χ3n) is 5.55. The molecule has 0 aliphatic heterocycles. The fourth-order valence-corrected chi connectivity index (χ4v) is 3.52. The number of nitrogens with zero attached hydrogens (tertiary/aromatic N) is 2. The number of ether oxygens (including phenoxy) is 1. The van der Waals surface area contributed by atoms with Crippen LogP contribution in [0.5, 0.6) is 5.88 Å². The predicted molar refractivity (Wildman–Crippen MR) is 113 cm³/mol. The van der Waals surface area contributed by atoms with Gasteiger partial charge in [0.2, 0.25) is 5.88 Å². The fraction of sp³-hybridized carbons (Fsp3) is 0.458. The Labute approximate surface area is 177 Å². The summed E-state index contributed by atoms with van der Waals surface area (Å²) < 4.78 is 18.5. The standard InChI is InChI=1S/C24H28FN3O2/c1-16(21(12-17-7-8-17)20-6-4-5-18(11-20)14-26)28-23(29)24(2,3)30-22-10-9-19(13-25)15-27-22/h4-6,9-11,15-17,21H,7-8,12-13H2,1-3H3,(H,28,29). The van der Waals surface area contributed by atoms with E-state index in [4.69, 9.17) is 4.74 Å². The predicted octanol–water partition coefficient (Wildman–Crippen LogP) is 4.67. The highest BCUT2D eigenvalue weighted by Crippen LogP contribution is 2.40. The smallest absolute Gasteiger partial charge is 0.263 e. The second-order valence-corrected chi connectivity index (χ2v) is 8.54. The number of rotatable bonds is 9. The van der Waals surface area contributed by atoms with Gasteiger partial charge in [0.15, 0.2) is 5.60 Å². The van der Waals surface area contributed by atoms with E-state index in [0.29, 0.717) is 17.0 Å². The number of benzene rings is 1. The lowest BCUT2D eigenvalue weighted by molar-refractivity contribution is -0.135. The molecule has 0 radical (unpaired) electrons. The van der Waals surface area contributed by atoms with Crippen LogP contribution in [0.25, 0.3) is 0 Å². The van der Waals surface area contributed by atoms with Crippen molar-refractivity contribution >= 4 is 5.91 Å². The molecule has 2 aromatic rings. The van der Waals surface area contributed by atoms with E-state index in [9.17, 15) is 14.4 Å². The lowest BCUT2D eigenvalue weighted by Gasteiger charge is -2.30. The number of carbonyl (C=O) groups excluding carboxylic acids is 1. The number of hydrogen-bond donors (Lipinski definition) is 1. The molecule has 1 N–H and O–H groups in total. The van der Waals surface area contributed by atoms with Crippen molar-refractivity contribution in [1.29, 1.82) is 5.26 Å². The summed E-state index contributed by atoms with van der Waals surface area (Å²) in [6.07, 6.45) is 4.80. The molecule has 2 atom stereocenters. The van der Waals surface area contributed by atoms with Crippen LogP contribution in [0.3, 0.4) is 0 Å². The van der Waals surface area contributed by atoms with Gasteiger partial charge < -0.3 is 10.1 Å². The first-order valence-electron chi connectivity index (χ1n) is 10.3. The molecular weight excluding hydrogens is 381 g/mol. The van der Waals surface area contributed by atoms with E-state index in [-0.39, 0.29) is 23.7 Å². The Hall–Kier alpha value is -2.94. The average Bonchev–Trinajstić information content (AvgIpc) is 3.56. The van der Waals surface area contributed by atoms with Gasteiger partial charge >= 0.3 is 0 Å². The van der Waals surface area contributed by atoms with Crippen molar-refractivity contribution in [2.45, 2.75) is 64.3 Å². The number of carbonyl (C=O) groups is 1. The summed E-state index contributed by atoms with van der Waals surface area (Å²) >= 11 is 0. The summed E-state index contributed by atoms with van der Waals surface area (Å²) in [4.78, 5) is 17.1. The zero-order chi connectivity index (χ0) is 21.7. The molecular formula is C24H28FN3O2.